The summed E-state index contributed by atoms with van der Waals surface area (Å²) in [5.74, 6) is -2.06. The van der Waals surface area contributed by atoms with Gasteiger partial charge in [0.2, 0.25) is 0 Å². The quantitative estimate of drug-likeness (QED) is 0.778. The van der Waals surface area contributed by atoms with Crippen LogP contribution < -0.4 is 10.1 Å². The van der Waals surface area contributed by atoms with E-state index in [0.29, 0.717) is 16.3 Å². The van der Waals surface area contributed by atoms with Crippen LogP contribution in [0.5, 0.6) is 5.75 Å². The van der Waals surface area contributed by atoms with Crippen LogP contribution in [0.4, 0.5) is 0 Å². The number of hydrogen-bond acceptors (Lipinski definition) is 3. The van der Waals surface area contributed by atoms with Crippen LogP contribution in [-0.2, 0) is 16.1 Å². The van der Waals surface area contributed by atoms with E-state index >= 15 is 0 Å². The van der Waals surface area contributed by atoms with Crippen molar-refractivity contribution >= 4 is 23.5 Å². The summed E-state index contributed by atoms with van der Waals surface area (Å²) in [5.41, 5.74) is 0.615. The van der Waals surface area contributed by atoms with Crippen molar-refractivity contribution in [2.75, 3.05) is 7.11 Å². The van der Waals surface area contributed by atoms with Gasteiger partial charge in [-0.05, 0) is 18.2 Å². The van der Waals surface area contributed by atoms with Gasteiger partial charge in [-0.1, -0.05) is 11.6 Å². The van der Waals surface area contributed by atoms with E-state index in [4.69, 9.17) is 21.4 Å². The second kappa shape index (κ2) is 5.37. The normalized spacial score (nSPS) is 9.62. The fourth-order valence-corrected chi connectivity index (χ4v) is 1.33. The first-order valence-corrected chi connectivity index (χ1v) is 4.76. The molecule has 1 aromatic rings. The largest absolute Gasteiger partial charge is 0.496 e. The number of benzene rings is 1. The van der Waals surface area contributed by atoms with Gasteiger partial charge in [0.15, 0.2) is 0 Å². The number of carboxylic acids is 1. The van der Waals surface area contributed by atoms with Gasteiger partial charge in [0, 0.05) is 17.1 Å². The molecule has 0 fully saturated rings. The number of amides is 1. The molecular formula is C10H10ClNO4. The van der Waals surface area contributed by atoms with Crippen molar-refractivity contribution in [2.24, 2.45) is 0 Å². The molecule has 1 amide bonds. The monoisotopic (exact) mass is 243 g/mol. The average molecular weight is 244 g/mol. The molecule has 16 heavy (non-hydrogen) atoms. The molecule has 0 aromatic heterocycles. The Kier molecular flexibility index (Phi) is 4.13. The van der Waals surface area contributed by atoms with Crippen molar-refractivity contribution in [1.82, 2.24) is 5.32 Å². The molecule has 0 spiro atoms. The highest BCUT2D eigenvalue weighted by Gasteiger charge is 2.11. The molecule has 0 heterocycles. The van der Waals surface area contributed by atoms with Gasteiger partial charge in [0.05, 0.1) is 7.11 Å². The molecule has 0 unspecified atom stereocenters. The Morgan fingerprint density at radius 2 is 2.19 bits per heavy atom. The predicted octanol–water partition coefficient (Wildman–Crippen LogP) is 1.05. The minimum atomic E-state index is -1.53. The first-order chi connectivity index (χ1) is 7.54. The van der Waals surface area contributed by atoms with E-state index < -0.39 is 11.9 Å². The van der Waals surface area contributed by atoms with Gasteiger partial charge in [-0.15, -0.1) is 0 Å². The molecule has 0 aliphatic carbocycles. The van der Waals surface area contributed by atoms with Crippen LogP contribution in [0, 0.1) is 0 Å². The number of rotatable bonds is 3. The highest BCUT2D eigenvalue weighted by Crippen LogP contribution is 2.22. The molecule has 0 radical (unpaired) electrons. The zero-order valence-electron chi connectivity index (χ0n) is 8.49. The first kappa shape index (κ1) is 12.3. The fraction of sp³-hybridized carbons (Fsp3) is 0.200. The number of nitrogens with one attached hydrogen (secondary N) is 1. The van der Waals surface area contributed by atoms with Crippen molar-refractivity contribution in [3.8, 4) is 5.75 Å². The third-order valence-corrected chi connectivity index (χ3v) is 2.11. The second-order valence-corrected chi connectivity index (χ2v) is 3.38. The molecule has 86 valence electrons. The molecule has 0 aliphatic rings. The van der Waals surface area contributed by atoms with Crippen LogP contribution in [0.25, 0.3) is 0 Å². The van der Waals surface area contributed by atoms with E-state index in [0.717, 1.165) is 0 Å². The van der Waals surface area contributed by atoms with Gasteiger partial charge in [0.1, 0.15) is 5.75 Å². The molecule has 5 nitrogen and oxygen atoms in total. The Morgan fingerprint density at radius 3 is 2.75 bits per heavy atom. The summed E-state index contributed by atoms with van der Waals surface area (Å²) in [6.45, 7) is 0.0505. The van der Waals surface area contributed by atoms with Crippen LogP contribution in [0.2, 0.25) is 5.02 Å². The van der Waals surface area contributed by atoms with Gasteiger partial charge < -0.3 is 15.2 Å². The number of carbonyl (C=O) groups is 2. The van der Waals surface area contributed by atoms with Crippen LogP contribution in [-0.4, -0.2) is 24.1 Å². The van der Waals surface area contributed by atoms with E-state index in [2.05, 4.69) is 5.32 Å². The number of hydrogen-bond donors (Lipinski definition) is 2. The SMILES string of the molecule is COc1ccc(Cl)cc1CNC(=O)C(=O)O. The maximum absolute atomic E-state index is 10.8. The Balaban J connectivity index is 2.76. The van der Waals surface area contributed by atoms with Gasteiger partial charge in [0.25, 0.3) is 0 Å². The van der Waals surface area contributed by atoms with Crippen molar-refractivity contribution in [2.45, 2.75) is 6.54 Å². The third-order valence-electron chi connectivity index (χ3n) is 1.88. The molecular weight excluding hydrogens is 234 g/mol. The molecule has 1 aromatic carbocycles. The summed E-state index contributed by atoms with van der Waals surface area (Å²) >= 11 is 5.77. The molecule has 0 aliphatic heterocycles. The summed E-state index contributed by atoms with van der Waals surface area (Å²) in [6, 6.07) is 4.88. The Hall–Kier alpha value is -1.75. The summed E-state index contributed by atoms with van der Waals surface area (Å²) in [5, 5.41) is 11.1. The highest BCUT2D eigenvalue weighted by atomic mass is 35.5. The molecule has 0 saturated carbocycles. The maximum atomic E-state index is 10.8. The molecule has 0 saturated heterocycles. The third kappa shape index (κ3) is 3.13. The van der Waals surface area contributed by atoms with Gasteiger partial charge >= 0.3 is 11.9 Å². The van der Waals surface area contributed by atoms with Gasteiger partial charge in [-0.2, -0.15) is 0 Å². The van der Waals surface area contributed by atoms with Crippen LogP contribution in [0.1, 0.15) is 5.56 Å². The second-order valence-electron chi connectivity index (χ2n) is 2.94. The Bertz CT molecular complexity index is 419. The van der Waals surface area contributed by atoms with Crippen LogP contribution >= 0.6 is 11.6 Å². The van der Waals surface area contributed by atoms with Crippen molar-refractivity contribution in [1.29, 1.82) is 0 Å². The number of halogens is 1. The summed E-state index contributed by atoms with van der Waals surface area (Å²) in [4.78, 5) is 21.1. The predicted molar refractivity (Wildman–Crippen MR) is 57.5 cm³/mol. The van der Waals surface area contributed by atoms with Crippen LogP contribution in [0.15, 0.2) is 18.2 Å². The van der Waals surface area contributed by atoms with Crippen LogP contribution in [0.3, 0.4) is 0 Å². The van der Waals surface area contributed by atoms with E-state index in [1.807, 2.05) is 0 Å². The lowest BCUT2D eigenvalue weighted by Gasteiger charge is -2.08. The van der Waals surface area contributed by atoms with Crippen molar-refractivity contribution < 1.29 is 19.4 Å². The molecule has 0 bridgehead atoms. The molecule has 2 N–H and O–H groups in total. The molecule has 6 heteroatoms. The Morgan fingerprint density at radius 1 is 1.50 bits per heavy atom. The summed E-state index contributed by atoms with van der Waals surface area (Å²) in [6.07, 6.45) is 0. The smallest absolute Gasteiger partial charge is 0.394 e. The average Bonchev–Trinajstić information content (AvgIpc) is 2.25. The number of aliphatic carboxylic acids is 1. The van der Waals surface area contributed by atoms with Gasteiger partial charge in [-0.3, -0.25) is 4.79 Å². The first-order valence-electron chi connectivity index (χ1n) is 4.38. The summed E-state index contributed by atoms with van der Waals surface area (Å²) < 4.78 is 5.04. The van der Waals surface area contributed by atoms with E-state index in [1.54, 1.807) is 18.2 Å². The maximum Gasteiger partial charge on any atom is 0.394 e. The van der Waals surface area contributed by atoms with E-state index in [9.17, 15) is 9.59 Å². The number of methoxy groups -OCH3 is 1. The molecule has 0 atom stereocenters. The lowest BCUT2D eigenvalue weighted by atomic mass is 10.2. The zero-order valence-corrected chi connectivity index (χ0v) is 9.25. The minimum absolute atomic E-state index is 0.0505. The van der Waals surface area contributed by atoms with E-state index in [-0.39, 0.29) is 6.54 Å². The fourth-order valence-electron chi connectivity index (χ4n) is 1.14. The zero-order chi connectivity index (χ0) is 12.1. The number of carbonyl (C=O) groups excluding carboxylic acids is 1. The minimum Gasteiger partial charge on any atom is -0.496 e. The number of ether oxygens (including phenoxy) is 1. The standard InChI is InChI=1S/C10H10ClNO4/c1-16-8-3-2-7(11)4-6(8)5-12-9(13)10(14)15/h2-4H,5H2,1H3,(H,12,13)(H,14,15). The lowest BCUT2D eigenvalue weighted by Crippen LogP contribution is -2.30. The molecule has 1 rings (SSSR count). The Labute approximate surface area is 97.0 Å². The lowest BCUT2D eigenvalue weighted by molar-refractivity contribution is -0.150. The number of carboxylic acid groups (broad SMARTS) is 1. The summed E-state index contributed by atoms with van der Waals surface area (Å²) in [7, 11) is 1.48. The topological polar surface area (TPSA) is 75.6 Å². The van der Waals surface area contributed by atoms with Crippen molar-refractivity contribution in [3.05, 3.63) is 28.8 Å². The van der Waals surface area contributed by atoms with Gasteiger partial charge in [-0.25, -0.2) is 4.79 Å². The highest BCUT2D eigenvalue weighted by molar-refractivity contribution is 6.31. The van der Waals surface area contributed by atoms with E-state index in [1.165, 1.54) is 7.11 Å². The van der Waals surface area contributed by atoms with Crippen molar-refractivity contribution in [3.63, 3.8) is 0 Å².